The Morgan fingerprint density at radius 3 is 3.06 bits per heavy atom. The molecule has 16 heavy (non-hydrogen) atoms. The van der Waals surface area contributed by atoms with E-state index >= 15 is 0 Å². The Kier molecular flexibility index (Phi) is 6.42. The third-order valence-electron chi connectivity index (χ3n) is 3.03. The fourth-order valence-electron chi connectivity index (χ4n) is 1.97. The number of rotatable bonds is 6. The van der Waals surface area contributed by atoms with Gasteiger partial charge in [-0.1, -0.05) is 13.8 Å². The number of piperidine rings is 1. The number of hydrogen-bond donors (Lipinski definition) is 2. The summed E-state index contributed by atoms with van der Waals surface area (Å²) in [6, 6.07) is 0.420. The Labute approximate surface area is 98.1 Å². The van der Waals surface area contributed by atoms with E-state index in [2.05, 4.69) is 17.6 Å². The monoisotopic (exact) mass is 228 g/mol. The van der Waals surface area contributed by atoms with Crippen LogP contribution in [0.25, 0.3) is 0 Å². The summed E-state index contributed by atoms with van der Waals surface area (Å²) in [6.07, 6.45) is 3.44. The van der Waals surface area contributed by atoms with Gasteiger partial charge in [-0.2, -0.15) is 0 Å². The van der Waals surface area contributed by atoms with Crippen molar-refractivity contribution in [3.8, 4) is 0 Å². The van der Waals surface area contributed by atoms with E-state index in [1.807, 2.05) is 6.92 Å². The van der Waals surface area contributed by atoms with Crippen molar-refractivity contribution in [2.75, 3.05) is 26.3 Å². The van der Waals surface area contributed by atoms with Gasteiger partial charge in [0, 0.05) is 19.2 Å². The van der Waals surface area contributed by atoms with E-state index in [4.69, 9.17) is 4.74 Å². The van der Waals surface area contributed by atoms with E-state index in [1.165, 1.54) is 12.8 Å². The number of hydrogen-bond acceptors (Lipinski definition) is 3. The summed E-state index contributed by atoms with van der Waals surface area (Å²) in [5.74, 6) is 0.638. The molecule has 2 atom stereocenters. The lowest BCUT2D eigenvalue weighted by atomic mass is 9.93. The zero-order valence-electron chi connectivity index (χ0n) is 10.4. The van der Waals surface area contributed by atoms with Crippen molar-refractivity contribution in [2.24, 2.45) is 5.92 Å². The zero-order chi connectivity index (χ0) is 11.8. The average Bonchev–Trinajstić information content (AvgIpc) is 2.28. The molecule has 0 spiro atoms. The van der Waals surface area contributed by atoms with Gasteiger partial charge in [-0.3, -0.25) is 4.79 Å². The van der Waals surface area contributed by atoms with Crippen molar-refractivity contribution in [3.05, 3.63) is 0 Å². The smallest absolute Gasteiger partial charge is 0.246 e. The Bertz CT molecular complexity index is 209. The van der Waals surface area contributed by atoms with Crippen LogP contribution < -0.4 is 10.6 Å². The Morgan fingerprint density at radius 1 is 1.56 bits per heavy atom. The first-order valence-electron chi connectivity index (χ1n) is 6.32. The van der Waals surface area contributed by atoms with Gasteiger partial charge in [-0.15, -0.1) is 0 Å². The number of carbonyl (C=O) groups is 1. The highest BCUT2D eigenvalue weighted by Gasteiger charge is 2.20. The van der Waals surface area contributed by atoms with Crippen LogP contribution >= 0.6 is 0 Å². The van der Waals surface area contributed by atoms with Crippen LogP contribution in [-0.4, -0.2) is 38.3 Å². The molecule has 0 aromatic carbocycles. The van der Waals surface area contributed by atoms with Crippen molar-refractivity contribution >= 4 is 5.91 Å². The third kappa shape index (κ3) is 4.94. The molecule has 0 aromatic heterocycles. The van der Waals surface area contributed by atoms with Crippen LogP contribution in [-0.2, 0) is 9.53 Å². The summed E-state index contributed by atoms with van der Waals surface area (Å²) in [7, 11) is 0. The molecular weight excluding hydrogens is 204 g/mol. The van der Waals surface area contributed by atoms with Crippen molar-refractivity contribution < 1.29 is 9.53 Å². The highest BCUT2D eigenvalue weighted by atomic mass is 16.5. The standard InChI is InChI=1S/C12H24N2O2/c1-3-7-16-9-12(15)14-8-11-10(2)5-4-6-13-11/h10-11,13H,3-9H2,1-2H3,(H,14,15). The zero-order valence-corrected chi connectivity index (χ0v) is 10.4. The maximum atomic E-state index is 11.4. The number of carbonyl (C=O) groups excluding carboxylic acids is 1. The summed E-state index contributed by atoms with van der Waals surface area (Å²) in [5.41, 5.74) is 0. The second-order valence-electron chi connectivity index (χ2n) is 4.54. The van der Waals surface area contributed by atoms with Crippen LogP contribution in [0.1, 0.15) is 33.1 Å². The molecule has 1 rings (SSSR count). The first-order chi connectivity index (χ1) is 7.74. The molecule has 1 amide bonds. The Hall–Kier alpha value is -0.610. The van der Waals surface area contributed by atoms with E-state index < -0.39 is 0 Å². The normalized spacial score (nSPS) is 25.4. The molecule has 4 heteroatoms. The van der Waals surface area contributed by atoms with Gasteiger partial charge in [0.05, 0.1) is 0 Å². The van der Waals surface area contributed by atoms with Gasteiger partial charge in [0.2, 0.25) is 5.91 Å². The highest BCUT2D eigenvalue weighted by Crippen LogP contribution is 2.14. The quantitative estimate of drug-likeness (QED) is 0.665. The van der Waals surface area contributed by atoms with Crippen LogP contribution in [0.3, 0.4) is 0 Å². The van der Waals surface area contributed by atoms with Gasteiger partial charge in [0.1, 0.15) is 6.61 Å². The predicted molar refractivity (Wildman–Crippen MR) is 64.3 cm³/mol. The van der Waals surface area contributed by atoms with Crippen molar-refractivity contribution in [1.29, 1.82) is 0 Å². The third-order valence-corrected chi connectivity index (χ3v) is 3.03. The van der Waals surface area contributed by atoms with E-state index in [0.717, 1.165) is 19.5 Å². The second-order valence-corrected chi connectivity index (χ2v) is 4.54. The average molecular weight is 228 g/mol. The summed E-state index contributed by atoms with van der Waals surface area (Å²) in [5, 5.41) is 6.35. The van der Waals surface area contributed by atoms with Crippen LogP contribution in [0.2, 0.25) is 0 Å². The minimum Gasteiger partial charge on any atom is -0.372 e. The summed E-state index contributed by atoms with van der Waals surface area (Å²) >= 11 is 0. The summed E-state index contributed by atoms with van der Waals surface area (Å²) in [4.78, 5) is 11.4. The number of ether oxygens (including phenoxy) is 1. The SMILES string of the molecule is CCCOCC(=O)NCC1NCCCC1C. The molecule has 0 aromatic rings. The summed E-state index contributed by atoms with van der Waals surface area (Å²) < 4.78 is 5.18. The van der Waals surface area contributed by atoms with Crippen molar-refractivity contribution in [2.45, 2.75) is 39.2 Å². The molecule has 2 N–H and O–H groups in total. The highest BCUT2D eigenvalue weighted by molar-refractivity contribution is 5.77. The van der Waals surface area contributed by atoms with Gasteiger partial charge >= 0.3 is 0 Å². The van der Waals surface area contributed by atoms with Gasteiger partial charge in [0.25, 0.3) is 0 Å². The van der Waals surface area contributed by atoms with E-state index in [-0.39, 0.29) is 12.5 Å². The molecule has 1 saturated heterocycles. The number of amides is 1. The molecule has 1 heterocycles. The summed E-state index contributed by atoms with van der Waals surface area (Å²) in [6.45, 7) is 6.90. The maximum Gasteiger partial charge on any atom is 0.246 e. The molecule has 0 radical (unpaired) electrons. The second kappa shape index (κ2) is 7.63. The van der Waals surface area contributed by atoms with Gasteiger partial charge in [-0.25, -0.2) is 0 Å². The van der Waals surface area contributed by atoms with Crippen LogP contribution in [0.5, 0.6) is 0 Å². The minimum absolute atomic E-state index is 0.00646. The maximum absolute atomic E-state index is 11.4. The van der Waals surface area contributed by atoms with E-state index in [0.29, 0.717) is 18.6 Å². The topological polar surface area (TPSA) is 50.4 Å². The van der Waals surface area contributed by atoms with Gasteiger partial charge < -0.3 is 15.4 Å². The fraction of sp³-hybridized carbons (Fsp3) is 0.917. The molecule has 1 aliphatic rings. The van der Waals surface area contributed by atoms with Crippen molar-refractivity contribution in [1.82, 2.24) is 10.6 Å². The first-order valence-corrected chi connectivity index (χ1v) is 6.32. The molecule has 0 bridgehead atoms. The van der Waals surface area contributed by atoms with Crippen molar-refractivity contribution in [3.63, 3.8) is 0 Å². The van der Waals surface area contributed by atoms with E-state index in [9.17, 15) is 4.79 Å². The number of nitrogens with one attached hydrogen (secondary N) is 2. The van der Waals surface area contributed by atoms with Crippen LogP contribution in [0.15, 0.2) is 0 Å². The first kappa shape index (κ1) is 13.5. The Balaban J connectivity index is 2.10. The largest absolute Gasteiger partial charge is 0.372 e. The lowest BCUT2D eigenvalue weighted by molar-refractivity contribution is -0.125. The molecule has 4 nitrogen and oxygen atoms in total. The van der Waals surface area contributed by atoms with Crippen LogP contribution in [0.4, 0.5) is 0 Å². The molecule has 0 saturated carbocycles. The Morgan fingerprint density at radius 2 is 2.38 bits per heavy atom. The predicted octanol–water partition coefficient (Wildman–Crippen LogP) is 0.917. The lowest BCUT2D eigenvalue weighted by Crippen LogP contribution is -2.48. The van der Waals surface area contributed by atoms with E-state index in [1.54, 1.807) is 0 Å². The fourth-order valence-corrected chi connectivity index (χ4v) is 1.97. The molecular formula is C12H24N2O2. The van der Waals surface area contributed by atoms with Crippen LogP contribution in [0, 0.1) is 5.92 Å². The molecule has 94 valence electrons. The molecule has 0 aliphatic carbocycles. The minimum atomic E-state index is -0.00646. The van der Waals surface area contributed by atoms with Gasteiger partial charge in [-0.05, 0) is 31.7 Å². The molecule has 1 fully saturated rings. The molecule has 1 aliphatic heterocycles. The molecule has 2 unspecified atom stereocenters. The lowest BCUT2D eigenvalue weighted by Gasteiger charge is -2.30. The van der Waals surface area contributed by atoms with Gasteiger partial charge in [0.15, 0.2) is 0 Å².